The van der Waals surface area contributed by atoms with Crippen LogP contribution in [0, 0.1) is 0 Å². The molecule has 2 aliphatic heterocycles. The Morgan fingerprint density at radius 3 is 2.70 bits per heavy atom. The molecule has 0 radical (unpaired) electrons. The van der Waals surface area contributed by atoms with E-state index in [1.807, 2.05) is 6.33 Å². The van der Waals surface area contributed by atoms with Gasteiger partial charge in [0.1, 0.15) is 12.2 Å². The average molecular weight is 568 g/mol. The maximum atomic E-state index is 5.91. The van der Waals surface area contributed by atoms with E-state index in [1.54, 1.807) is 0 Å². The molecule has 8 nitrogen and oxygen atoms in total. The molecule has 2 aliphatic rings. The SMILES string of the molecule is CCc1nncn1CCNC(=NCC1CCCCO1)N1CCN(Cc2ccccc2)CC1.I. The molecule has 0 spiro atoms. The zero-order valence-electron chi connectivity index (χ0n) is 19.7. The fourth-order valence-corrected chi connectivity index (χ4v) is 4.39. The van der Waals surface area contributed by atoms with Crippen LogP contribution in [0.5, 0.6) is 0 Å². The summed E-state index contributed by atoms with van der Waals surface area (Å²) in [6.07, 6.45) is 6.49. The van der Waals surface area contributed by atoms with Gasteiger partial charge in [-0.15, -0.1) is 34.2 Å². The topological polar surface area (TPSA) is 70.8 Å². The van der Waals surface area contributed by atoms with Crippen molar-refractivity contribution >= 4 is 29.9 Å². The number of rotatable bonds is 8. The Balaban J connectivity index is 0.00000306. The third-order valence-electron chi connectivity index (χ3n) is 6.29. The molecule has 2 aromatic rings. The quantitative estimate of drug-likeness (QED) is 0.301. The Morgan fingerprint density at radius 2 is 1.97 bits per heavy atom. The lowest BCUT2D eigenvalue weighted by atomic mass is 10.1. The van der Waals surface area contributed by atoms with E-state index >= 15 is 0 Å². The lowest BCUT2D eigenvalue weighted by molar-refractivity contribution is 0.0222. The number of hydrogen-bond acceptors (Lipinski definition) is 5. The summed E-state index contributed by atoms with van der Waals surface area (Å²) < 4.78 is 8.03. The first-order valence-corrected chi connectivity index (χ1v) is 12.1. The summed E-state index contributed by atoms with van der Waals surface area (Å²) in [5.41, 5.74) is 1.38. The third-order valence-corrected chi connectivity index (χ3v) is 6.29. The molecule has 1 atom stereocenters. The van der Waals surface area contributed by atoms with Gasteiger partial charge in [0, 0.05) is 58.8 Å². The summed E-state index contributed by atoms with van der Waals surface area (Å²) in [5, 5.41) is 11.8. The van der Waals surface area contributed by atoms with Crippen molar-refractivity contribution in [3.8, 4) is 0 Å². The largest absolute Gasteiger partial charge is 0.376 e. The zero-order chi connectivity index (χ0) is 22.0. The van der Waals surface area contributed by atoms with E-state index in [1.165, 1.54) is 18.4 Å². The second-order valence-corrected chi connectivity index (χ2v) is 8.62. The molecule has 0 amide bonds. The van der Waals surface area contributed by atoms with Gasteiger partial charge in [0.25, 0.3) is 0 Å². The van der Waals surface area contributed by atoms with Gasteiger partial charge < -0.3 is 19.5 Å². The van der Waals surface area contributed by atoms with Gasteiger partial charge in [0.15, 0.2) is 5.96 Å². The summed E-state index contributed by atoms with van der Waals surface area (Å²) in [7, 11) is 0. The van der Waals surface area contributed by atoms with Crippen molar-refractivity contribution < 1.29 is 4.74 Å². The van der Waals surface area contributed by atoms with Crippen LogP contribution < -0.4 is 5.32 Å². The smallest absolute Gasteiger partial charge is 0.194 e. The Bertz CT molecular complexity index is 830. The fraction of sp³-hybridized carbons (Fsp3) is 0.625. The van der Waals surface area contributed by atoms with E-state index < -0.39 is 0 Å². The van der Waals surface area contributed by atoms with Crippen molar-refractivity contribution in [3.05, 3.63) is 48.0 Å². The Kier molecular flexibility index (Phi) is 10.9. The molecule has 2 saturated heterocycles. The summed E-state index contributed by atoms with van der Waals surface area (Å²) in [6.45, 7) is 10.4. The lowest BCUT2D eigenvalue weighted by Gasteiger charge is -2.37. The molecule has 4 rings (SSSR count). The molecule has 3 heterocycles. The van der Waals surface area contributed by atoms with Gasteiger partial charge in [-0.1, -0.05) is 37.3 Å². The number of benzene rings is 1. The number of piperazine rings is 1. The van der Waals surface area contributed by atoms with Crippen LogP contribution in [-0.4, -0.2) is 82.5 Å². The van der Waals surface area contributed by atoms with Crippen LogP contribution in [0.4, 0.5) is 0 Å². The predicted octanol–water partition coefficient (Wildman–Crippen LogP) is 2.79. The minimum Gasteiger partial charge on any atom is -0.376 e. The fourth-order valence-electron chi connectivity index (χ4n) is 4.39. The Hall–Kier alpha value is -1.72. The number of nitrogens with zero attached hydrogens (tertiary/aromatic N) is 6. The van der Waals surface area contributed by atoms with Crippen molar-refractivity contribution in [3.63, 3.8) is 0 Å². The third kappa shape index (κ3) is 7.92. The molecule has 33 heavy (non-hydrogen) atoms. The van der Waals surface area contributed by atoms with Crippen molar-refractivity contribution in [2.75, 3.05) is 45.9 Å². The van der Waals surface area contributed by atoms with Crippen LogP contribution in [0.2, 0.25) is 0 Å². The van der Waals surface area contributed by atoms with Crippen LogP contribution in [-0.2, 0) is 24.2 Å². The Labute approximate surface area is 214 Å². The van der Waals surface area contributed by atoms with Gasteiger partial charge in [0.2, 0.25) is 0 Å². The number of halogens is 1. The second-order valence-electron chi connectivity index (χ2n) is 8.62. The normalized spacial score (nSPS) is 19.8. The molecule has 0 saturated carbocycles. The highest BCUT2D eigenvalue weighted by molar-refractivity contribution is 14.0. The highest BCUT2D eigenvalue weighted by Crippen LogP contribution is 2.13. The molecule has 9 heteroatoms. The second kappa shape index (κ2) is 13.9. The molecule has 0 aliphatic carbocycles. The zero-order valence-corrected chi connectivity index (χ0v) is 22.1. The summed E-state index contributed by atoms with van der Waals surface area (Å²) in [4.78, 5) is 9.92. The molecule has 0 bridgehead atoms. The summed E-state index contributed by atoms with van der Waals surface area (Å²) in [5.74, 6) is 2.03. The van der Waals surface area contributed by atoms with E-state index in [0.717, 1.165) is 83.6 Å². The van der Waals surface area contributed by atoms with Crippen molar-refractivity contribution in [1.29, 1.82) is 0 Å². The molecule has 2 fully saturated rings. The highest BCUT2D eigenvalue weighted by Gasteiger charge is 2.21. The van der Waals surface area contributed by atoms with Crippen molar-refractivity contribution in [2.24, 2.45) is 4.99 Å². The number of aliphatic imine (C=N–C) groups is 1. The van der Waals surface area contributed by atoms with Gasteiger partial charge >= 0.3 is 0 Å². The van der Waals surface area contributed by atoms with Crippen LogP contribution in [0.3, 0.4) is 0 Å². The monoisotopic (exact) mass is 567 g/mol. The Morgan fingerprint density at radius 1 is 1.15 bits per heavy atom. The molecular formula is C24H38IN7O. The van der Waals surface area contributed by atoms with Crippen LogP contribution in [0.25, 0.3) is 0 Å². The first kappa shape index (κ1) is 25.9. The standard InChI is InChI=1S/C24H37N7O.HI/c1-2-23-28-27-20-31(23)12-11-25-24(26-18-22-10-6-7-17-32-22)30-15-13-29(14-16-30)19-21-8-4-3-5-9-21;/h3-5,8-9,20,22H,2,6-7,10-19H2,1H3,(H,25,26);1H. The van der Waals surface area contributed by atoms with E-state index in [0.29, 0.717) is 0 Å². The lowest BCUT2D eigenvalue weighted by Crippen LogP contribution is -2.52. The maximum Gasteiger partial charge on any atom is 0.194 e. The summed E-state index contributed by atoms with van der Waals surface area (Å²) >= 11 is 0. The number of aryl methyl sites for hydroxylation is 1. The predicted molar refractivity (Wildman–Crippen MR) is 142 cm³/mol. The number of hydrogen-bond donors (Lipinski definition) is 1. The van der Waals surface area contributed by atoms with Gasteiger partial charge in [-0.05, 0) is 24.8 Å². The van der Waals surface area contributed by atoms with Gasteiger partial charge in [-0.25, -0.2) is 0 Å². The molecule has 1 aromatic heterocycles. The number of aromatic nitrogens is 3. The number of ether oxygens (including phenoxy) is 1. The first-order chi connectivity index (χ1) is 15.8. The van der Waals surface area contributed by atoms with Gasteiger partial charge in [-0.2, -0.15) is 0 Å². The molecule has 182 valence electrons. The summed E-state index contributed by atoms with van der Waals surface area (Å²) in [6, 6.07) is 10.7. The molecular weight excluding hydrogens is 529 g/mol. The van der Waals surface area contributed by atoms with Crippen molar-refractivity contribution in [2.45, 2.75) is 51.8 Å². The van der Waals surface area contributed by atoms with Gasteiger partial charge in [0.05, 0.1) is 12.6 Å². The van der Waals surface area contributed by atoms with E-state index in [9.17, 15) is 0 Å². The minimum absolute atomic E-state index is 0. The number of nitrogens with one attached hydrogen (secondary N) is 1. The van der Waals surface area contributed by atoms with Crippen LogP contribution in [0.15, 0.2) is 41.7 Å². The highest BCUT2D eigenvalue weighted by atomic mass is 127. The minimum atomic E-state index is 0. The van der Waals surface area contributed by atoms with Crippen LogP contribution in [0.1, 0.15) is 37.6 Å². The first-order valence-electron chi connectivity index (χ1n) is 12.1. The molecule has 1 unspecified atom stereocenters. The average Bonchev–Trinajstić information content (AvgIpc) is 3.31. The maximum absolute atomic E-state index is 5.91. The molecule has 1 aromatic carbocycles. The molecule has 1 N–H and O–H groups in total. The van der Waals surface area contributed by atoms with Crippen molar-refractivity contribution in [1.82, 2.24) is 29.9 Å². The van der Waals surface area contributed by atoms with E-state index in [4.69, 9.17) is 9.73 Å². The van der Waals surface area contributed by atoms with Crippen LogP contribution >= 0.6 is 24.0 Å². The van der Waals surface area contributed by atoms with E-state index in [2.05, 4.69) is 67.1 Å². The van der Waals surface area contributed by atoms with Gasteiger partial charge in [-0.3, -0.25) is 9.89 Å². The van der Waals surface area contributed by atoms with E-state index in [-0.39, 0.29) is 30.1 Å². The number of guanidine groups is 1.